The monoisotopic (exact) mass is 395 g/mol. The number of amides is 2. The maximum Gasteiger partial charge on any atom is 0.261 e. The number of halogens is 1. The van der Waals surface area contributed by atoms with E-state index in [1.807, 2.05) is 51.1 Å². The Bertz CT molecular complexity index is 592. The van der Waals surface area contributed by atoms with E-state index >= 15 is 0 Å². The van der Waals surface area contributed by atoms with Crippen molar-refractivity contribution in [3.8, 4) is 0 Å². The van der Waals surface area contributed by atoms with Gasteiger partial charge in [0.15, 0.2) is 5.66 Å². The van der Waals surface area contributed by atoms with Gasteiger partial charge in [-0.05, 0) is 23.8 Å². The van der Waals surface area contributed by atoms with Gasteiger partial charge in [0.05, 0.1) is 0 Å². The van der Waals surface area contributed by atoms with Crippen LogP contribution in [-0.2, 0) is 16.1 Å². The Morgan fingerprint density at radius 1 is 1.15 bits per heavy atom. The van der Waals surface area contributed by atoms with Crippen LogP contribution in [0.4, 0.5) is 0 Å². The van der Waals surface area contributed by atoms with Gasteiger partial charge in [-0.2, -0.15) is 0 Å². The van der Waals surface area contributed by atoms with E-state index in [4.69, 9.17) is 11.6 Å². The molecule has 0 unspecified atom stereocenters. The van der Waals surface area contributed by atoms with Crippen LogP contribution in [0.3, 0.4) is 0 Å². The van der Waals surface area contributed by atoms with Crippen LogP contribution in [0.25, 0.3) is 0 Å². The number of rotatable bonds is 11. The Morgan fingerprint density at radius 3 is 2.26 bits per heavy atom. The molecule has 0 spiro atoms. The van der Waals surface area contributed by atoms with Crippen molar-refractivity contribution in [2.45, 2.75) is 53.2 Å². The number of hydrogen-bond acceptors (Lipinski definition) is 3. The van der Waals surface area contributed by atoms with E-state index in [-0.39, 0.29) is 23.6 Å². The van der Waals surface area contributed by atoms with Crippen molar-refractivity contribution in [2.24, 2.45) is 11.8 Å². The molecule has 6 heteroatoms. The Balaban J connectivity index is 3.22. The lowest BCUT2D eigenvalue weighted by atomic mass is 9.91. The van der Waals surface area contributed by atoms with Gasteiger partial charge in [-0.25, -0.2) is 0 Å². The van der Waals surface area contributed by atoms with Gasteiger partial charge in [0.1, 0.15) is 5.88 Å². The molecule has 1 atom stereocenters. The van der Waals surface area contributed by atoms with Gasteiger partial charge in [0.25, 0.3) is 5.91 Å². The largest absolute Gasteiger partial charge is 0.349 e. The molecule has 0 bridgehead atoms. The third kappa shape index (κ3) is 6.22. The standard InChI is InChI=1S/C21H34ClN3O2/c1-6-12-25(19(26)13-22)21(17(4)5,24-14-16(2)3)20(27)23-15-18-10-8-7-9-11-18/h7-11,16-17,24H,6,12-15H2,1-5H3,(H,23,27)/t21-/m0/s1. The minimum Gasteiger partial charge on any atom is -0.349 e. The van der Waals surface area contributed by atoms with Crippen LogP contribution in [0.15, 0.2) is 30.3 Å². The molecule has 0 radical (unpaired) electrons. The fraction of sp³-hybridized carbons (Fsp3) is 0.619. The summed E-state index contributed by atoms with van der Waals surface area (Å²) in [6, 6.07) is 9.75. The molecule has 152 valence electrons. The number of nitrogens with one attached hydrogen (secondary N) is 2. The molecule has 2 amide bonds. The van der Waals surface area contributed by atoms with Crippen LogP contribution >= 0.6 is 11.6 Å². The van der Waals surface area contributed by atoms with Gasteiger partial charge in [-0.1, -0.05) is 65.0 Å². The summed E-state index contributed by atoms with van der Waals surface area (Å²) < 4.78 is 0. The smallest absolute Gasteiger partial charge is 0.261 e. The van der Waals surface area contributed by atoms with E-state index in [1.165, 1.54) is 0 Å². The summed E-state index contributed by atoms with van der Waals surface area (Å²) in [7, 11) is 0. The summed E-state index contributed by atoms with van der Waals surface area (Å²) in [4.78, 5) is 27.7. The highest BCUT2D eigenvalue weighted by Crippen LogP contribution is 2.25. The van der Waals surface area contributed by atoms with Gasteiger partial charge < -0.3 is 10.2 Å². The third-order valence-corrected chi connectivity index (χ3v) is 4.77. The van der Waals surface area contributed by atoms with E-state index in [0.29, 0.717) is 25.6 Å². The summed E-state index contributed by atoms with van der Waals surface area (Å²) in [5, 5.41) is 6.43. The molecule has 27 heavy (non-hydrogen) atoms. The van der Waals surface area contributed by atoms with Crippen LogP contribution in [0, 0.1) is 11.8 Å². The van der Waals surface area contributed by atoms with Crippen molar-refractivity contribution in [1.82, 2.24) is 15.5 Å². The highest BCUT2D eigenvalue weighted by Gasteiger charge is 2.48. The first-order chi connectivity index (χ1) is 12.8. The molecular formula is C21H34ClN3O2. The van der Waals surface area contributed by atoms with E-state index in [9.17, 15) is 9.59 Å². The maximum absolute atomic E-state index is 13.4. The van der Waals surface area contributed by atoms with Crippen molar-refractivity contribution in [3.05, 3.63) is 35.9 Å². The van der Waals surface area contributed by atoms with Crippen molar-refractivity contribution in [1.29, 1.82) is 0 Å². The SMILES string of the molecule is CCCN(C(=O)CCl)[C@](NCC(C)C)(C(=O)NCc1ccccc1)C(C)C. The van der Waals surface area contributed by atoms with E-state index < -0.39 is 5.66 Å². The zero-order valence-corrected chi connectivity index (χ0v) is 18.0. The minimum absolute atomic E-state index is 0.134. The van der Waals surface area contributed by atoms with Crippen LogP contribution in [-0.4, -0.2) is 41.3 Å². The zero-order chi connectivity index (χ0) is 20.4. The first-order valence-corrected chi connectivity index (χ1v) is 10.3. The summed E-state index contributed by atoms with van der Waals surface area (Å²) in [6.07, 6.45) is 0.742. The number of hydrogen-bond donors (Lipinski definition) is 2. The Labute approximate surface area is 168 Å². The van der Waals surface area contributed by atoms with Crippen LogP contribution in [0.5, 0.6) is 0 Å². The molecule has 0 aromatic heterocycles. The number of alkyl halides is 1. The molecular weight excluding hydrogens is 362 g/mol. The summed E-state index contributed by atoms with van der Waals surface area (Å²) in [5.41, 5.74) is -0.126. The zero-order valence-electron chi connectivity index (χ0n) is 17.2. The van der Waals surface area contributed by atoms with Gasteiger partial charge >= 0.3 is 0 Å². The van der Waals surface area contributed by atoms with Gasteiger partial charge in [-0.15, -0.1) is 11.6 Å². The molecule has 0 saturated carbocycles. The lowest BCUT2D eigenvalue weighted by Crippen LogP contribution is -2.72. The number of carbonyl (C=O) groups excluding carboxylic acids is 2. The second-order valence-electron chi connectivity index (χ2n) is 7.54. The molecule has 0 saturated heterocycles. The second-order valence-corrected chi connectivity index (χ2v) is 7.81. The van der Waals surface area contributed by atoms with Crippen molar-refractivity contribution in [3.63, 3.8) is 0 Å². The first kappa shape index (κ1) is 23.4. The fourth-order valence-corrected chi connectivity index (χ4v) is 3.29. The predicted octanol–water partition coefficient (Wildman–Crippen LogP) is 3.38. The fourth-order valence-electron chi connectivity index (χ4n) is 3.14. The quantitative estimate of drug-likeness (QED) is 0.446. The second kappa shape index (κ2) is 11.3. The van der Waals surface area contributed by atoms with Gasteiger partial charge in [0, 0.05) is 19.6 Å². The van der Waals surface area contributed by atoms with Crippen LogP contribution in [0.2, 0.25) is 0 Å². The molecule has 2 N–H and O–H groups in total. The normalized spacial score (nSPS) is 13.5. The molecule has 1 aromatic carbocycles. The summed E-state index contributed by atoms with van der Waals surface area (Å²) in [5.74, 6) is -0.387. The summed E-state index contributed by atoms with van der Waals surface area (Å²) in [6.45, 7) is 11.6. The highest BCUT2D eigenvalue weighted by atomic mass is 35.5. The average molecular weight is 396 g/mol. The molecule has 1 aromatic rings. The predicted molar refractivity (Wildman–Crippen MR) is 111 cm³/mol. The minimum atomic E-state index is -1.14. The van der Waals surface area contributed by atoms with E-state index in [1.54, 1.807) is 4.90 Å². The number of nitrogens with zero attached hydrogens (tertiary/aromatic N) is 1. The number of benzene rings is 1. The topological polar surface area (TPSA) is 61.4 Å². The lowest BCUT2D eigenvalue weighted by Gasteiger charge is -2.46. The van der Waals surface area contributed by atoms with Gasteiger partial charge in [-0.3, -0.25) is 14.9 Å². The third-order valence-electron chi connectivity index (χ3n) is 4.55. The molecule has 0 aliphatic rings. The lowest BCUT2D eigenvalue weighted by molar-refractivity contribution is -0.153. The number of carbonyl (C=O) groups is 2. The Morgan fingerprint density at radius 2 is 1.78 bits per heavy atom. The van der Waals surface area contributed by atoms with E-state index in [2.05, 4.69) is 24.5 Å². The average Bonchev–Trinajstić information content (AvgIpc) is 2.65. The van der Waals surface area contributed by atoms with E-state index in [0.717, 1.165) is 12.0 Å². The van der Waals surface area contributed by atoms with Gasteiger partial charge in [0.2, 0.25) is 5.91 Å². The Kier molecular flexibility index (Phi) is 9.81. The van der Waals surface area contributed by atoms with Crippen LogP contribution < -0.4 is 10.6 Å². The first-order valence-electron chi connectivity index (χ1n) is 9.73. The molecule has 0 fully saturated rings. The highest BCUT2D eigenvalue weighted by molar-refractivity contribution is 6.27. The van der Waals surface area contributed by atoms with Crippen molar-refractivity contribution < 1.29 is 9.59 Å². The molecule has 0 aliphatic heterocycles. The maximum atomic E-state index is 13.4. The summed E-state index contributed by atoms with van der Waals surface area (Å²) >= 11 is 5.88. The molecule has 5 nitrogen and oxygen atoms in total. The molecule has 0 heterocycles. The van der Waals surface area contributed by atoms with Crippen molar-refractivity contribution in [2.75, 3.05) is 19.0 Å². The van der Waals surface area contributed by atoms with Crippen molar-refractivity contribution >= 4 is 23.4 Å². The molecule has 1 rings (SSSR count). The Hall–Kier alpha value is -1.59. The van der Waals surface area contributed by atoms with Crippen LogP contribution in [0.1, 0.15) is 46.6 Å². The molecule has 0 aliphatic carbocycles.